The zero-order valence-corrected chi connectivity index (χ0v) is 15.8. The highest BCUT2D eigenvalue weighted by atomic mass is 32.2. The second-order valence-corrected chi connectivity index (χ2v) is 8.46. The lowest BCUT2D eigenvalue weighted by Crippen LogP contribution is -2.29. The summed E-state index contributed by atoms with van der Waals surface area (Å²) in [7, 11) is -1.49. The van der Waals surface area contributed by atoms with Gasteiger partial charge in [0.15, 0.2) is 9.84 Å². The van der Waals surface area contributed by atoms with Gasteiger partial charge in [0.2, 0.25) is 0 Å². The van der Waals surface area contributed by atoms with Crippen LogP contribution in [0.5, 0.6) is 5.75 Å². The van der Waals surface area contributed by atoms with Gasteiger partial charge < -0.3 is 15.4 Å². The molecule has 0 bridgehead atoms. The van der Waals surface area contributed by atoms with Gasteiger partial charge in [-0.2, -0.15) is 0 Å². The predicted octanol–water partition coefficient (Wildman–Crippen LogP) is 1.55. The van der Waals surface area contributed by atoms with Crippen LogP contribution in [0.2, 0.25) is 0 Å². The summed E-state index contributed by atoms with van der Waals surface area (Å²) in [6.07, 6.45) is 1.80. The number of rotatable bonds is 8. The minimum atomic E-state index is -3.20. The highest BCUT2D eigenvalue weighted by Crippen LogP contribution is 2.16. The van der Waals surface area contributed by atoms with Crippen LogP contribution in [0.3, 0.4) is 0 Å². The van der Waals surface area contributed by atoms with Crippen molar-refractivity contribution in [3.63, 3.8) is 0 Å². The van der Waals surface area contributed by atoms with E-state index in [0.29, 0.717) is 37.6 Å². The maximum absolute atomic E-state index is 12.2. The van der Waals surface area contributed by atoms with Gasteiger partial charge in [0.1, 0.15) is 16.5 Å². The Hall–Kier alpha value is -1.97. The van der Waals surface area contributed by atoms with E-state index in [1.54, 1.807) is 29.5 Å². The van der Waals surface area contributed by atoms with Gasteiger partial charge in [0.25, 0.3) is 5.91 Å². The van der Waals surface area contributed by atoms with E-state index in [1.165, 1.54) is 23.5 Å². The first kappa shape index (κ1) is 19.4. The second-order valence-electron chi connectivity index (χ2n) is 5.50. The molecule has 2 aromatic rings. The molecule has 0 aliphatic carbocycles. The van der Waals surface area contributed by atoms with Crippen LogP contribution in [0, 0.1) is 0 Å². The molecule has 1 aromatic carbocycles. The molecular formula is C16H21N3O4S2. The van der Waals surface area contributed by atoms with Crippen molar-refractivity contribution in [1.29, 1.82) is 0 Å². The van der Waals surface area contributed by atoms with Crippen LogP contribution in [0.4, 0.5) is 0 Å². The van der Waals surface area contributed by atoms with Crippen molar-refractivity contribution in [1.82, 2.24) is 9.88 Å². The van der Waals surface area contributed by atoms with E-state index in [2.05, 4.69) is 4.98 Å². The number of nitrogens with two attached hydrogens (primary N) is 1. The first-order chi connectivity index (χ1) is 11.8. The highest BCUT2D eigenvalue weighted by molar-refractivity contribution is 7.90. The van der Waals surface area contributed by atoms with Gasteiger partial charge in [-0.25, -0.2) is 13.4 Å². The van der Waals surface area contributed by atoms with E-state index >= 15 is 0 Å². The molecule has 0 saturated heterocycles. The molecule has 7 nitrogen and oxygen atoms in total. The Labute approximate surface area is 151 Å². The number of thiazole rings is 1. The van der Waals surface area contributed by atoms with Crippen molar-refractivity contribution in [3.05, 3.63) is 40.3 Å². The lowest BCUT2D eigenvalue weighted by atomic mass is 10.3. The smallest absolute Gasteiger partial charge is 0.273 e. The quantitative estimate of drug-likeness (QED) is 0.694. The molecule has 136 valence electrons. The minimum absolute atomic E-state index is 0.145. The summed E-state index contributed by atoms with van der Waals surface area (Å²) in [5.74, 6) is 0.446. The van der Waals surface area contributed by atoms with Gasteiger partial charge in [-0.1, -0.05) is 0 Å². The third-order valence-corrected chi connectivity index (χ3v) is 5.45. The number of nitrogens with zero attached hydrogens (tertiary/aromatic N) is 2. The molecule has 0 aliphatic heterocycles. The SMILES string of the molecule is CN(CCCOc1ccc(S(C)(=O)=O)cc1)C(=O)c1csc(CN)n1. The van der Waals surface area contributed by atoms with Crippen molar-refractivity contribution in [2.75, 3.05) is 26.5 Å². The molecule has 0 fully saturated rings. The third-order valence-electron chi connectivity index (χ3n) is 3.45. The lowest BCUT2D eigenvalue weighted by molar-refractivity contribution is 0.0782. The number of carbonyl (C=O) groups excluding carboxylic acids is 1. The van der Waals surface area contributed by atoms with E-state index in [-0.39, 0.29) is 10.8 Å². The molecule has 25 heavy (non-hydrogen) atoms. The van der Waals surface area contributed by atoms with Crippen LogP contribution in [0.1, 0.15) is 21.9 Å². The summed E-state index contributed by atoms with van der Waals surface area (Å²) in [6, 6.07) is 6.26. The van der Waals surface area contributed by atoms with E-state index < -0.39 is 9.84 Å². The van der Waals surface area contributed by atoms with E-state index in [4.69, 9.17) is 10.5 Å². The number of aromatic nitrogens is 1. The third kappa shape index (κ3) is 5.52. The number of carbonyl (C=O) groups is 1. The van der Waals surface area contributed by atoms with Gasteiger partial charge in [-0.05, 0) is 30.7 Å². The molecule has 9 heteroatoms. The average molecular weight is 383 g/mol. The number of ether oxygens (including phenoxy) is 1. The summed E-state index contributed by atoms with van der Waals surface area (Å²) in [5, 5.41) is 2.44. The summed E-state index contributed by atoms with van der Waals surface area (Å²) in [5.41, 5.74) is 5.91. The zero-order valence-electron chi connectivity index (χ0n) is 14.1. The van der Waals surface area contributed by atoms with Crippen molar-refractivity contribution in [2.24, 2.45) is 5.73 Å². The van der Waals surface area contributed by atoms with Crippen LogP contribution in [-0.4, -0.2) is 50.7 Å². The number of sulfone groups is 1. The highest BCUT2D eigenvalue weighted by Gasteiger charge is 2.14. The molecule has 0 unspecified atom stereocenters. The molecule has 0 aliphatic rings. The van der Waals surface area contributed by atoms with Crippen molar-refractivity contribution in [2.45, 2.75) is 17.9 Å². The fraction of sp³-hybridized carbons (Fsp3) is 0.375. The predicted molar refractivity (Wildman–Crippen MR) is 96.6 cm³/mol. The van der Waals surface area contributed by atoms with Gasteiger partial charge in [0, 0.05) is 31.8 Å². The lowest BCUT2D eigenvalue weighted by Gasteiger charge is -2.16. The molecule has 1 aromatic heterocycles. The Balaban J connectivity index is 1.77. The Kier molecular flexibility index (Phi) is 6.51. The molecular weight excluding hydrogens is 362 g/mol. The molecule has 2 N–H and O–H groups in total. The maximum atomic E-state index is 12.2. The number of hydrogen-bond donors (Lipinski definition) is 1. The molecule has 1 heterocycles. The molecule has 0 spiro atoms. The van der Waals surface area contributed by atoms with Gasteiger partial charge >= 0.3 is 0 Å². The van der Waals surface area contributed by atoms with Gasteiger partial charge in [-0.15, -0.1) is 11.3 Å². The normalized spacial score (nSPS) is 11.3. The van der Waals surface area contributed by atoms with Crippen LogP contribution in [-0.2, 0) is 16.4 Å². The number of benzene rings is 1. The summed E-state index contributed by atoms with van der Waals surface area (Å²) in [4.78, 5) is 18.2. The topological polar surface area (TPSA) is 103 Å². The van der Waals surface area contributed by atoms with Crippen molar-refractivity contribution >= 4 is 27.1 Å². The van der Waals surface area contributed by atoms with Crippen LogP contribution < -0.4 is 10.5 Å². The van der Waals surface area contributed by atoms with Gasteiger partial charge in [-0.3, -0.25) is 4.79 Å². The summed E-state index contributed by atoms with van der Waals surface area (Å²) >= 11 is 1.37. The average Bonchev–Trinajstić information content (AvgIpc) is 3.06. The Bertz CT molecular complexity index is 816. The van der Waals surface area contributed by atoms with Crippen LogP contribution >= 0.6 is 11.3 Å². The zero-order chi connectivity index (χ0) is 18.4. The standard InChI is InChI=1S/C16H21N3O4S2/c1-19(16(20)14-11-24-15(10-17)18-14)8-3-9-23-12-4-6-13(7-5-12)25(2,21)22/h4-7,11H,3,8-10,17H2,1-2H3. The van der Waals surface area contributed by atoms with Crippen molar-refractivity contribution in [3.8, 4) is 5.75 Å². The first-order valence-electron chi connectivity index (χ1n) is 7.64. The van der Waals surface area contributed by atoms with E-state index in [1.807, 2.05) is 0 Å². The number of hydrogen-bond acceptors (Lipinski definition) is 7. The molecule has 0 saturated carbocycles. The molecule has 0 radical (unpaired) electrons. The van der Waals surface area contributed by atoms with Crippen molar-refractivity contribution < 1.29 is 17.9 Å². The molecule has 2 rings (SSSR count). The number of amides is 1. The van der Waals surface area contributed by atoms with E-state index in [9.17, 15) is 13.2 Å². The van der Waals surface area contributed by atoms with Gasteiger partial charge in [0.05, 0.1) is 11.5 Å². The van der Waals surface area contributed by atoms with Crippen LogP contribution in [0.15, 0.2) is 34.5 Å². The monoisotopic (exact) mass is 383 g/mol. The van der Waals surface area contributed by atoms with E-state index in [0.717, 1.165) is 11.3 Å². The summed E-state index contributed by atoms with van der Waals surface area (Å²) in [6.45, 7) is 1.27. The summed E-state index contributed by atoms with van der Waals surface area (Å²) < 4.78 is 28.4. The largest absolute Gasteiger partial charge is 0.494 e. The fourth-order valence-electron chi connectivity index (χ4n) is 2.07. The molecule has 0 atom stereocenters. The molecule has 1 amide bonds. The second kappa shape index (κ2) is 8.41. The first-order valence-corrected chi connectivity index (χ1v) is 10.4. The minimum Gasteiger partial charge on any atom is -0.494 e. The Morgan fingerprint density at radius 2 is 2.00 bits per heavy atom. The maximum Gasteiger partial charge on any atom is 0.273 e. The Morgan fingerprint density at radius 1 is 1.32 bits per heavy atom. The van der Waals surface area contributed by atoms with Crippen LogP contribution in [0.25, 0.3) is 0 Å². The Morgan fingerprint density at radius 3 is 2.56 bits per heavy atom. The fourth-order valence-corrected chi connectivity index (χ4v) is 3.35.